The number of nitrogens with one attached hydrogen (secondary N) is 2. The van der Waals surface area contributed by atoms with Crippen LogP contribution in [-0.2, 0) is 40.3 Å². The average molecular weight is 960 g/mol. The van der Waals surface area contributed by atoms with E-state index in [-0.39, 0.29) is 50.1 Å². The van der Waals surface area contributed by atoms with Crippen molar-refractivity contribution in [3.05, 3.63) is 108 Å². The number of hydrogen-bond acceptors (Lipinski definition) is 7. The van der Waals surface area contributed by atoms with Crippen LogP contribution in [0, 0.1) is 17.6 Å². The average Bonchev–Trinajstić information content (AvgIpc) is 4.08. The lowest BCUT2D eigenvalue weighted by atomic mass is 10.0. The summed E-state index contributed by atoms with van der Waals surface area (Å²) in [5, 5.41) is 9.21. The summed E-state index contributed by atoms with van der Waals surface area (Å²) in [6.07, 6.45) is -6.22. The van der Waals surface area contributed by atoms with Crippen LogP contribution in [-0.4, -0.2) is 55.1 Å². The molecular formula is C38H28BrClF8N8O4S. The van der Waals surface area contributed by atoms with Crippen LogP contribution in [0.4, 0.5) is 40.9 Å². The van der Waals surface area contributed by atoms with E-state index in [1.54, 1.807) is 0 Å². The summed E-state index contributed by atoms with van der Waals surface area (Å²) in [7, 11) is -4.06. The molecule has 12 nitrogen and oxygen atoms in total. The maximum absolute atomic E-state index is 15.5. The second-order valence-corrected chi connectivity index (χ2v) is 18.4. The van der Waals surface area contributed by atoms with Crippen molar-refractivity contribution in [2.75, 3.05) is 4.72 Å². The molecule has 6 aromatic rings. The molecule has 9 rings (SSSR count). The highest BCUT2D eigenvalue weighted by Crippen LogP contribution is 2.68. The quantitative estimate of drug-likeness (QED) is 0.112. The highest BCUT2D eigenvalue weighted by Gasteiger charge is 2.67. The summed E-state index contributed by atoms with van der Waals surface area (Å²) < 4.78 is 148. The van der Waals surface area contributed by atoms with Crippen LogP contribution in [0.5, 0.6) is 0 Å². The van der Waals surface area contributed by atoms with Gasteiger partial charge in [-0.1, -0.05) is 27.5 Å². The number of nitrogens with zero attached hydrogens (tertiary/aromatic N) is 6. The molecule has 61 heavy (non-hydrogen) atoms. The fourth-order valence-electron chi connectivity index (χ4n) is 8.14. The van der Waals surface area contributed by atoms with Crippen LogP contribution in [0.2, 0.25) is 5.02 Å². The number of rotatable bonds is 13. The predicted octanol–water partition coefficient (Wildman–Crippen LogP) is 8.04. The van der Waals surface area contributed by atoms with Gasteiger partial charge in [0.05, 0.1) is 43.8 Å². The van der Waals surface area contributed by atoms with E-state index in [9.17, 15) is 44.3 Å². The summed E-state index contributed by atoms with van der Waals surface area (Å²) >= 11 is 9.92. The Balaban J connectivity index is 1.24. The van der Waals surface area contributed by atoms with Crippen molar-refractivity contribution in [2.24, 2.45) is 5.92 Å². The second kappa shape index (κ2) is 14.8. The van der Waals surface area contributed by atoms with E-state index in [1.807, 2.05) is 0 Å². The number of anilines is 1. The van der Waals surface area contributed by atoms with E-state index in [0.717, 1.165) is 21.4 Å². The molecule has 0 saturated heterocycles. The zero-order chi connectivity index (χ0) is 43.4. The molecule has 2 N–H and O–H groups in total. The molecule has 1 amide bonds. The van der Waals surface area contributed by atoms with Gasteiger partial charge < -0.3 is 5.32 Å². The van der Waals surface area contributed by atoms with Crippen LogP contribution in [0.15, 0.2) is 57.8 Å². The molecule has 2 saturated carbocycles. The van der Waals surface area contributed by atoms with Crippen molar-refractivity contribution in [2.45, 2.75) is 74.8 Å². The van der Waals surface area contributed by atoms with Crippen LogP contribution in [0.25, 0.3) is 27.5 Å². The Morgan fingerprint density at radius 2 is 1.72 bits per heavy atom. The Kier molecular flexibility index (Phi) is 10.0. The number of carbonyl (C=O) groups excluding carboxylic acids is 1. The van der Waals surface area contributed by atoms with Gasteiger partial charge in [0, 0.05) is 28.4 Å². The molecule has 0 bridgehead atoms. The third-order valence-corrected chi connectivity index (χ3v) is 13.5. The van der Waals surface area contributed by atoms with Crippen molar-refractivity contribution >= 4 is 71.1 Å². The standard InChI is InChI=1S/C38H28BrClF8N8O4S/c39-16-1-4-20-24(10-16)50-36(56(37(20)58)26-6-5-23(40)30-32(26)54(13-27(43)44)52-35(30)53-61(59,60)19-2-3-19)25(9-15-7-17(41)11-18(42)8-15)49-28(57)14-55-33-29(31(51-55)34(45)46)21-12-22(21)38(33,47)48/h1,4-8,10-11,19,21-22,25,27,34H,2-3,9,12-14H2,(H,49,57)(H,52,53)/t21-,22+,25-/m0/s1. The first-order valence-electron chi connectivity index (χ1n) is 18.5. The van der Waals surface area contributed by atoms with Crippen molar-refractivity contribution in [1.29, 1.82) is 0 Å². The van der Waals surface area contributed by atoms with E-state index in [1.165, 1.54) is 30.3 Å². The molecule has 3 atom stereocenters. The van der Waals surface area contributed by atoms with Crippen LogP contribution in [0.3, 0.4) is 0 Å². The third-order valence-electron chi connectivity index (χ3n) is 10.9. The summed E-state index contributed by atoms with van der Waals surface area (Å²) in [6.45, 7) is -2.17. The van der Waals surface area contributed by atoms with Crippen LogP contribution in [0.1, 0.15) is 66.0 Å². The molecule has 23 heteroatoms. The van der Waals surface area contributed by atoms with Crippen molar-refractivity contribution in [3.63, 3.8) is 0 Å². The lowest BCUT2D eigenvalue weighted by Crippen LogP contribution is -2.38. The minimum absolute atomic E-state index is 0.00446. The SMILES string of the molecule is O=C(Cn1nc(C(F)F)c2c1C(F)(F)[C@@H]1C[C@H]21)N[C@@H](Cc1cc(F)cc(F)c1)c1nc2cc(Br)ccc2c(=O)n1-c1ccc(Cl)c2c(NS(=O)(=O)C3CC3)nn(CC(F)F)c12. The van der Waals surface area contributed by atoms with E-state index in [2.05, 4.69) is 41.2 Å². The number of amides is 1. The normalized spacial score (nSPS) is 18.6. The number of fused-ring (bicyclic) bond motifs is 5. The lowest BCUT2D eigenvalue weighted by Gasteiger charge is -2.24. The number of hydrogen-bond donors (Lipinski definition) is 2. The second-order valence-electron chi connectivity index (χ2n) is 15.1. The molecule has 3 aliphatic rings. The molecule has 0 radical (unpaired) electrons. The molecule has 0 aliphatic heterocycles. The number of halogens is 10. The molecule has 320 valence electrons. The van der Waals surface area contributed by atoms with E-state index in [0.29, 0.717) is 28.1 Å². The lowest BCUT2D eigenvalue weighted by molar-refractivity contribution is -0.123. The Morgan fingerprint density at radius 3 is 2.39 bits per heavy atom. The molecule has 2 fully saturated rings. The van der Waals surface area contributed by atoms with Gasteiger partial charge in [-0.15, -0.1) is 0 Å². The molecule has 0 spiro atoms. The summed E-state index contributed by atoms with van der Waals surface area (Å²) in [5.41, 5.74) is -3.57. The maximum atomic E-state index is 15.5. The van der Waals surface area contributed by atoms with Gasteiger partial charge in [-0.3, -0.25) is 28.2 Å². The minimum Gasteiger partial charge on any atom is -0.344 e. The van der Waals surface area contributed by atoms with Crippen LogP contribution < -0.4 is 15.6 Å². The molecule has 3 aliphatic carbocycles. The molecular weight excluding hydrogens is 932 g/mol. The third kappa shape index (κ3) is 7.32. The van der Waals surface area contributed by atoms with Crippen molar-refractivity contribution in [1.82, 2.24) is 34.4 Å². The topological polar surface area (TPSA) is 146 Å². The zero-order valence-corrected chi connectivity index (χ0v) is 34.0. The van der Waals surface area contributed by atoms with Gasteiger partial charge in [0.15, 0.2) is 5.82 Å². The first-order chi connectivity index (χ1) is 28.8. The number of alkyl halides is 6. The zero-order valence-electron chi connectivity index (χ0n) is 30.8. The summed E-state index contributed by atoms with van der Waals surface area (Å²) in [4.78, 5) is 33.5. The highest BCUT2D eigenvalue weighted by molar-refractivity contribution is 9.10. The number of aromatic nitrogens is 6. The van der Waals surface area contributed by atoms with Gasteiger partial charge in [-0.25, -0.2) is 39.7 Å². The van der Waals surface area contributed by atoms with Gasteiger partial charge >= 0.3 is 0 Å². The Bertz CT molecular complexity index is 2980. The van der Waals surface area contributed by atoms with Gasteiger partial charge in [0.1, 0.15) is 41.9 Å². The highest BCUT2D eigenvalue weighted by atomic mass is 79.9. The Morgan fingerprint density at radius 1 is 1.00 bits per heavy atom. The fraction of sp³-hybridized carbons (Fsp3) is 0.342. The van der Waals surface area contributed by atoms with Crippen LogP contribution >= 0.6 is 27.5 Å². The summed E-state index contributed by atoms with van der Waals surface area (Å²) in [6, 6.07) is 7.58. The van der Waals surface area contributed by atoms with E-state index in [4.69, 9.17) is 11.6 Å². The van der Waals surface area contributed by atoms with Gasteiger partial charge in [-0.2, -0.15) is 19.0 Å². The minimum atomic E-state index is -4.06. The first kappa shape index (κ1) is 41.3. The van der Waals surface area contributed by atoms with Gasteiger partial charge in [-0.05, 0) is 73.2 Å². The van der Waals surface area contributed by atoms with E-state index >= 15 is 8.78 Å². The van der Waals surface area contributed by atoms with Crippen molar-refractivity contribution < 1.29 is 48.3 Å². The number of sulfonamides is 1. The smallest absolute Gasteiger partial charge is 0.293 e. The number of benzene rings is 3. The molecule has 3 aromatic carbocycles. The van der Waals surface area contributed by atoms with Crippen molar-refractivity contribution in [3.8, 4) is 5.69 Å². The first-order valence-corrected chi connectivity index (χ1v) is 21.3. The molecule has 3 heterocycles. The molecule has 3 aromatic heterocycles. The largest absolute Gasteiger partial charge is 0.344 e. The number of carbonyl (C=O) groups is 1. The summed E-state index contributed by atoms with van der Waals surface area (Å²) in [5.74, 6) is -9.69. The predicted molar refractivity (Wildman–Crippen MR) is 208 cm³/mol. The van der Waals surface area contributed by atoms with Gasteiger partial charge in [0.2, 0.25) is 15.9 Å². The maximum Gasteiger partial charge on any atom is 0.293 e. The van der Waals surface area contributed by atoms with E-state index < -0.39 is 118 Å². The fourth-order valence-corrected chi connectivity index (χ4v) is 10.1. The van der Waals surface area contributed by atoms with Gasteiger partial charge in [0.25, 0.3) is 24.3 Å². The molecule has 0 unspecified atom stereocenters. The Labute approximate surface area is 352 Å². The monoisotopic (exact) mass is 958 g/mol. The Hall–Kier alpha value is -5.09.